The van der Waals surface area contributed by atoms with Crippen molar-refractivity contribution in [2.75, 3.05) is 21.3 Å². The van der Waals surface area contributed by atoms with Gasteiger partial charge in [0.1, 0.15) is 5.69 Å². The molecule has 8 heteroatoms. The second-order valence-corrected chi connectivity index (χ2v) is 6.92. The topological polar surface area (TPSA) is 91.7 Å². The molecule has 162 valence electrons. The Morgan fingerprint density at radius 2 is 1.58 bits per heavy atom. The van der Waals surface area contributed by atoms with Crippen molar-refractivity contribution in [2.45, 2.75) is 20.0 Å². The first-order valence-electron chi connectivity index (χ1n) is 9.66. The SMILES string of the molecule is COc1cc(CNC(=O)c2ccc(=O)n(Cc3ccc(C)cc3)n2)cc(OC)c1OC. The zero-order valence-electron chi connectivity index (χ0n) is 18.0. The highest BCUT2D eigenvalue weighted by Crippen LogP contribution is 2.38. The monoisotopic (exact) mass is 423 g/mol. The van der Waals surface area contributed by atoms with Gasteiger partial charge in [-0.15, -0.1) is 0 Å². The maximum Gasteiger partial charge on any atom is 0.271 e. The number of amides is 1. The van der Waals surface area contributed by atoms with Crippen LogP contribution in [0.15, 0.2) is 53.3 Å². The van der Waals surface area contributed by atoms with Crippen LogP contribution in [0.3, 0.4) is 0 Å². The summed E-state index contributed by atoms with van der Waals surface area (Å²) in [6.45, 7) is 2.49. The summed E-state index contributed by atoms with van der Waals surface area (Å²) in [7, 11) is 4.58. The van der Waals surface area contributed by atoms with Crippen molar-refractivity contribution in [2.24, 2.45) is 0 Å². The number of hydrogen-bond acceptors (Lipinski definition) is 6. The van der Waals surface area contributed by atoms with Gasteiger partial charge in [-0.25, -0.2) is 4.68 Å². The molecule has 0 bridgehead atoms. The number of hydrogen-bond donors (Lipinski definition) is 1. The van der Waals surface area contributed by atoms with Gasteiger partial charge in [-0.2, -0.15) is 5.10 Å². The van der Waals surface area contributed by atoms with Crippen LogP contribution in [0.4, 0.5) is 0 Å². The average Bonchev–Trinajstić information content (AvgIpc) is 2.79. The van der Waals surface area contributed by atoms with Crippen LogP contribution >= 0.6 is 0 Å². The highest BCUT2D eigenvalue weighted by molar-refractivity contribution is 5.91. The third kappa shape index (κ3) is 5.22. The fourth-order valence-corrected chi connectivity index (χ4v) is 3.06. The van der Waals surface area contributed by atoms with E-state index in [1.165, 1.54) is 38.1 Å². The van der Waals surface area contributed by atoms with Crippen LogP contribution in [-0.2, 0) is 13.1 Å². The molecule has 0 atom stereocenters. The number of nitrogens with one attached hydrogen (secondary N) is 1. The molecule has 3 aromatic rings. The molecule has 0 spiro atoms. The zero-order valence-corrected chi connectivity index (χ0v) is 18.0. The van der Waals surface area contributed by atoms with Crippen molar-refractivity contribution in [1.29, 1.82) is 0 Å². The summed E-state index contributed by atoms with van der Waals surface area (Å²) < 4.78 is 17.3. The van der Waals surface area contributed by atoms with Gasteiger partial charge in [-0.05, 0) is 36.2 Å². The maximum absolute atomic E-state index is 12.6. The number of carbonyl (C=O) groups excluding carboxylic acids is 1. The lowest BCUT2D eigenvalue weighted by molar-refractivity contribution is 0.0943. The molecule has 0 aliphatic heterocycles. The molecule has 1 N–H and O–H groups in total. The number of methoxy groups -OCH3 is 3. The Labute approximate surface area is 180 Å². The Kier molecular flexibility index (Phi) is 6.92. The quantitative estimate of drug-likeness (QED) is 0.599. The number of aryl methyl sites for hydroxylation is 1. The summed E-state index contributed by atoms with van der Waals surface area (Å²) >= 11 is 0. The van der Waals surface area contributed by atoms with E-state index >= 15 is 0 Å². The number of ether oxygens (including phenoxy) is 3. The molecule has 0 fully saturated rings. The van der Waals surface area contributed by atoms with E-state index in [-0.39, 0.29) is 24.3 Å². The predicted octanol–water partition coefficient (Wildman–Crippen LogP) is 2.56. The van der Waals surface area contributed by atoms with Crippen LogP contribution < -0.4 is 25.1 Å². The molecule has 2 aromatic carbocycles. The molecule has 31 heavy (non-hydrogen) atoms. The molecule has 1 aromatic heterocycles. The first-order chi connectivity index (χ1) is 14.9. The molecule has 1 amide bonds. The Morgan fingerprint density at radius 3 is 2.16 bits per heavy atom. The molecule has 3 rings (SSSR count). The van der Waals surface area contributed by atoms with Crippen molar-refractivity contribution in [3.63, 3.8) is 0 Å². The molecule has 0 radical (unpaired) electrons. The summed E-state index contributed by atoms with van der Waals surface area (Å²) in [5.74, 6) is 1.07. The fraction of sp³-hybridized carbons (Fsp3) is 0.261. The highest BCUT2D eigenvalue weighted by atomic mass is 16.5. The van der Waals surface area contributed by atoms with Crippen molar-refractivity contribution in [3.8, 4) is 17.2 Å². The number of nitrogens with zero attached hydrogens (tertiary/aromatic N) is 2. The Bertz CT molecular complexity index is 1100. The van der Waals surface area contributed by atoms with Crippen LogP contribution in [0.25, 0.3) is 0 Å². The maximum atomic E-state index is 12.6. The number of benzene rings is 2. The van der Waals surface area contributed by atoms with Gasteiger partial charge in [0, 0.05) is 12.6 Å². The Morgan fingerprint density at radius 1 is 0.935 bits per heavy atom. The lowest BCUT2D eigenvalue weighted by Gasteiger charge is -2.14. The van der Waals surface area contributed by atoms with Gasteiger partial charge in [-0.3, -0.25) is 9.59 Å². The van der Waals surface area contributed by atoms with Crippen LogP contribution in [-0.4, -0.2) is 37.0 Å². The highest BCUT2D eigenvalue weighted by Gasteiger charge is 2.15. The summed E-state index contributed by atoms with van der Waals surface area (Å²) in [6, 6.07) is 14.1. The second kappa shape index (κ2) is 9.80. The Hall–Kier alpha value is -3.81. The minimum atomic E-state index is -0.397. The van der Waals surface area contributed by atoms with E-state index < -0.39 is 5.91 Å². The summed E-state index contributed by atoms with van der Waals surface area (Å²) in [5.41, 5.74) is 2.69. The van der Waals surface area contributed by atoms with Gasteiger partial charge < -0.3 is 19.5 Å². The van der Waals surface area contributed by atoms with Crippen LogP contribution in [0.1, 0.15) is 27.2 Å². The van der Waals surface area contributed by atoms with E-state index in [2.05, 4.69) is 10.4 Å². The number of aromatic nitrogens is 2. The van der Waals surface area contributed by atoms with Crippen LogP contribution in [0.5, 0.6) is 17.2 Å². The fourth-order valence-electron chi connectivity index (χ4n) is 3.06. The summed E-state index contributed by atoms with van der Waals surface area (Å²) in [4.78, 5) is 24.8. The summed E-state index contributed by atoms with van der Waals surface area (Å²) in [6.07, 6.45) is 0. The van der Waals surface area contributed by atoms with Crippen molar-refractivity contribution < 1.29 is 19.0 Å². The predicted molar refractivity (Wildman–Crippen MR) is 116 cm³/mol. The van der Waals surface area contributed by atoms with E-state index in [1.54, 1.807) is 12.1 Å². The van der Waals surface area contributed by atoms with Crippen LogP contribution in [0.2, 0.25) is 0 Å². The van der Waals surface area contributed by atoms with E-state index in [1.807, 2.05) is 31.2 Å². The van der Waals surface area contributed by atoms with E-state index in [0.29, 0.717) is 17.2 Å². The normalized spacial score (nSPS) is 10.5. The second-order valence-electron chi connectivity index (χ2n) is 6.92. The van der Waals surface area contributed by atoms with Crippen molar-refractivity contribution >= 4 is 5.91 Å². The van der Waals surface area contributed by atoms with Gasteiger partial charge >= 0.3 is 0 Å². The molecule has 0 aliphatic rings. The van der Waals surface area contributed by atoms with Gasteiger partial charge in [0.05, 0.1) is 27.9 Å². The molecule has 8 nitrogen and oxygen atoms in total. The van der Waals surface area contributed by atoms with Gasteiger partial charge in [-0.1, -0.05) is 29.8 Å². The molecule has 0 unspecified atom stereocenters. The third-order valence-corrected chi connectivity index (χ3v) is 4.73. The molecular weight excluding hydrogens is 398 g/mol. The van der Waals surface area contributed by atoms with Crippen LogP contribution in [0, 0.1) is 6.92 Å². The Balaban J connectivity index is 1.75. The lowest BCUT2D eigenvalue weighted by Crippen LogP contribution is -2.29. The van der Waals surface area contributed by atoms with Gasteiger partial charge in [0.15, 0.2) is 11.5 Å². The standard InChI is InChI=1S/C23H25N3O5/c1-15-5-7-16(8-6-15)14-26-21(27)10-9-18(25-26)23(28)24-13-17-11-19(29-2)22(31-4)20(12-17)30-3/h5-12H,13-14H2,1-4H3,(H,24,28). The van der Waals surface area contributed by atoms with Gasteiger partial charge in [0.25, 0.3) is 11.5 Å². The average molecular weight is 423 g/mol. The minimum absolute atomic E-state index is 0.152. The largest absolute Gasteiger partial charge is 0.493 e. The first kappa shape index (κ1) is 21.9. The smallest absolute Gasteiger partial charge is 0.271 e. The first-order valence-corrected chi connectivity index (χ1v) is 9.66. The minimum Gasteiger partial charge on any atom is -0.493 e. The molecule has 0 saturated carbocycles. The zero-order chi connectivity index (χ0) is 22.4. The van der Waals surface area contributed by atoms with E-state index in [0.717, 1.165) is 16.7 Å². The summed E-state index contributed by atoms with van der Waals surface area (Å²) in [5, 5.41) is 7.02. The molecular formula is C23H25N3O5. The van der Waals surface area contributed by atoms with Crippen molar-refractivity contribution in [1.82, 2.24) is 15.1 Å². The van der Waals surface area contributed by atoms with E-state index in [9.17, 15) is 9.59 Å². The van der Waals surface area contributed by atoms with Gasteiger partial charge in [0.2, 0.25) is 5.75 Å². The molecule has 0 aliphatic carbocycles. The third-order valence-electron chi connectivity index (χ3n) is 4.73. The number of carbonyl (C=O) groups is 1. The van der Waals surface area contributed by atoms with Crippen molar-refractivity contribution in [3.05, 3.63) is 81.3 Å². The number of rotatable bonds is 8. The lowest BCUT2D eigenvalue weighted by atomic mass is 10.1. The van der Waals surface area contributed by atoms with E-state index in [4.69, 9.17) is 14.2 Å². The molecule has 1 heterocycles. The molecule has 0 saturated heterocycles.